The topological polar surface area (TPSA) is 43.4 Å². The second kappa shape index (κ2) is 9.31. The van der Waals surface area contributed by atoms with Gasteiger partial charge in [-0.15, -0.1) is 13.2 Å². The van der Waals surface area contributed by atoms with Crippen LogP contribution in [0.15, 0.2) is 30.3 Å². The van der Waals surface area contributed by atoms with Crippen LogP contribution in [0.5, 0.6) is 5.75 Å². The van der Waals surface area contributed by atoms with Gasteiger partial charge in [-0.1, -0.05) is 18.2 Å². The van der Waals surface area contributed by atoms with E-state index in [1.165, 1.54) is 24.3 Å². The van der Waals surface area contributed by atoms with Crippen molar-refractivity contribution in [2.24, 2.45) is 0 Å². The summed E-state index contributed by atoms with van der Waals surface area (Å²) in [5, 5.41) is 3.91. The van der Waals surface area contributed by atoms with E-state index >= 15 is 0 Å². The fourth-order valence-corrected chi connectivity index (χ4v) is 2.74. The summed E-state index contributed by atoms with van der Waals surface area (Å²) in [7, 11) is -3.42. The fraction of sp³-hybridized carbons (Fsp3) is 0.0909. The van der Waals surface area contributed by atoms with Crippen LogP contribution < -0.4 is 4.74 Å². The number of hydrogen-bond donors (Lipinski definition) is 0. The number of sulfone groups is 1. The Morgan fingerprint density at radius 2 is 1.45 bits per heavy atom. The smallest absolute Gasteiger partial charge is 0.406 e. The Kier molecular flexibility index (Phi) is 9.00. The van der Waals surface area contributed by atoms with E-state index in [2.05, 4.69) is 12.6 Å². The molecular weight excluding hydrogens is 523 g/mol. The minimum absolute atomic E-state index is 0.194. The molecule has 3 nitrogen and oxygen atoms in total. The molecule has 20 heavy (non-hydrogen) atoms. The maximum atomic E-state index is 11.5. The molecule has 0 aliphatic carbocycles. The number of benzene rings is 1. The van der Waals surface area contributed by atoms with Crippen LogP contribution in [0.2, 0.25) is 0 Å². The Hall–Kier alpha value is -0.660. The SMILES string of the molecule is FC(F)(F)Oc1ccccc1.O=S(=O)(C#CI)C#CI. The van der Waals surface area contributed by atoms with E-state index in [0.29, 0.717) is 0 Å². The van der Waals surface area contributed by atoms with Crippen molar-refractivity contribution in [3.8, 4) is 24.1 Å². The molecule has 0 spiro atoms. The van der Waals surface area contributed by atoms with Crippen molar-refractivity contribution in [2.45, 2.75) is 6.36 Å². The van der Waals surface area contributed by atoms with Crippen LogP contribution in [0.25, 0.3) is 0 Å². The molecule has 0 fully saturated rings. The molecule has 9 heteroatoms. The number of para-hydroxylation sites is 1. The van der Waals surface area contributed by atoms with E-state index in [9.17, 15) is 21.6 Å². The largest absolute Gasteiger partial charge is 0.573 e. The van der Waals surface area contributed by atoms with Crippen LogP contribution >= 0.6 is 45.2 Å². The Morgan fingerprint density at radius 3 is 1.80 bits per heavy atom. The minimum atomic E-state index is -4.60. The Balaban J connectivity index is 0.000000370. The van der Waals surface area contributed by atoms with Crippen molar-refractivity contribution >= 4 is 55.0 Å². The lowest BCUT2D eigenvalue weighted by molar-refractivity contribution is -0.274. The van der Waals surface area contributed by atoms with Crippen molar-refractivity contribution in [1.29, 1.82) is 0 Å². The van der Waals surface area contributed by atoms with Crippen LogP contribution in [0.3, 0.4) is 0 Å². The maximum absolute atomic E-state index is 11.5. The lowest BCUT2D eigenvalue weighted by Crippen LogP contribution is -2.16. The highest BCUT2D eigenvalue weighted by Gasteiger charge is 2.30. The zero-order valence-electron chi connectivity index (χ0n) is 9.41. The summed E-state index contributed by atoms with van der Waals surface area (Å²) in [5.41, 5.74) is 0. The Bertz CT molecular complexity index is 609. The van der Waals surface area contributed by atoms with Gasteiger partial charge in [-0.2, -0.15) is 0 Å². The summed E-state index contributed by atoms with van der Waals surface area (Å²) < 4.78 is 63.5. The van der Waals surface area contributed by atoms with Crippen molar-refractivity contribution in [2.75, 3.05) is 0 Å². The van der Waals surface area contributed by atoms with Crippen molar-refractivity contribution in [3.05, 3.63) is 30.3 Å². The van der Waals surface area contributed by atoms with Crippen molar-refractivity contribution in [1.82, 2.24) is 0 Å². The molecule has 0 radical (unpaired) electrons. The molecule has 1 aromatic carbocycles. The molecule has 0 aliphatic heterocycles. The average Bonchev–Trinajstić information content (AvgIpc) is 2.28. The van der Waals surface area contributed by atoms with E-state index < -0.39 is 16.2 Å². The van der Waals surface area contributed by atoms with Crippen LogP contribution in [0, 0.1) is 18.4 Å². The van der Waals surface area contributed by atoms with Gasteiger partial charge in [-0.3, -0.25) is 0 Å². The van der Waals surface area contributed by atoms with Crippen molar-refractivity contribution < 1.29 is 26.3 Å². The monoisotopic (exact) mass is 528 g/mol. The molecule has 0 unspecified atom stereocenters. The summed E-state index contributed by atoms with van der Waals surface area (Å²) >= 11 is 3.28. The molecule has 0 amide bonds. The van der Waals surface area contributed by atoms with Crippen LogP contribution in [-0.2, 0) is 9.84 Å². The molecular formula is C11H5F3I2O3S. The number of halogens is 5. The zero-order valence-corrected chi connectivity index (χ0v) is 14.5. The van der Waals surface area contributed by atoms with E-state index in [1.807, 2.05) is 10.5 Å². The third kappa shape index (κ3) is 11.2. The fourth-order valence-electron chi connectivity index (χ4n) is 0.749. The lowest BCUT2D eigenvalue weighted by Gasteiger charge is -2.07. The maximum Gasteiger partial charge on any atom is 0.573 e. The first-order chi connectivity index (χ1) is 9.20. The first kappa shape index (κ1) is 19.3. The number of rotatable bonds is 1. The molecule has 0 N–H and O–H groups in total. The molecule has 0 atom stereocenters. The van der Waals surface area contributed by atoms with Gasteiger partial charge in [-0.25, -0.2) is 8.42 Å². The standard InChI is InChI=1S/C7H5F3O.C4I2O2S/c8-7(9,10)11-6-4-2-1-3-5-6;5-1-3-9(7,8)4-2-6/h1-5H;. The lowest BCUT2D eigenvalue weighted by atomic mass is 10.3. The average molecular weight is 528 g/mol. The molecule has 0 aromatic heterocycles. The highest BCUT2D eigenvalue weighted by atomic mass is 127. The second-order valence-corrected chi connectivity index (χ2v) is 5.25. The first-order valence-electron chi connectivity index (χ1n) is 4.51. The Morgan fingerprint density at radius 1 is 1.00 bits per heavy atom. The second-order valence-electron chi connectivity index (χ2n) is 2.76. The van der Waals surface area contributed by atoms with Gasteiger partial charge in [0, 0.05) is 45.2 Å². The molecule has 0 heterocycles. The van der Waals surface area contributed by atoms with Gasteiger partial charge in [0.1, 0.15) is 5.75 Å². The van der Waals surface area contributed by atoms with Crippen LogP contribution in [0.4, 0.5) is 13.2 Å². The minimum Gasteiger partial charge on any atom is -0.406 e. The predicted molar refractivity (Wildman–Crippen MR) is 85.6 cm³/mol. The Labute approximate surface area is 141 Å². The molecule has 1 aromatic rings. The third-order valence-corrected chi connectivity index (χ3v) is 3.34. The van der Waals surface area contributed by atoms with Gasteiger partial charge >= 0.3 is 6.36 Å². The van der Waals surface area contributed by atoms with Gasteiger partial charge in [0.2, 0.25) is 0 Å². The molecule has 1 rings (SSSR count). The van der Waals surface area contributed by atoms with E-state index in [4.69, 9.17) is 0 Å². The van der Waals surface area contributed by atoms with Crippen molar-refractivity contribution in [3.63, 3.8) is 0 Å². The number of hydrogen-bond acceptors (Lipinski definition) is 3. The van der Waals surface area contributed by atoms with Gasteiger partial charge in [0.15, 0.2) is 0 Å². The van der Waals surface area contributed by atoms with Crippen LogP contribution in [-0.4, -0.2) is 14.8 Å². The van der Waals surface area contributed by atoms with Gasteiger partial charge in [-0.05, 0) is 20.0 Å². The molecule has 0 saturated heterocycles. The summed E-state index contributed by atoms with van der Waals surface area (Å²) in [6.07, 6.45) is -4.60. The van der Waals surface area contributed by atoms with E-state index in [1.54, 1.807) is 51.2 Å². The summed E-state index contributed by atoms with van der Waals surface area (Å²) in [6.45, 7) is 0. The van der Waals surface area contributed by atoms with Gasteiger partial charge in [0.05, 0.1) is 10.5 Å². The number of ether oxygens (including phenoxy) is 1. The van der Waals surface area contributed by atoms with Gasteiger partial charge < -0.3 is 4.74 Å². The highest BCUT2D eigenvalue weighted by molar-refractivity contribution is 14.1. The molecule has 108 valence electrons. The highest BCUT2D eigenvalue weighted by Crippen LogP contribution is 2.21. The molecule has 0 bridgehead atoms. The predicted octanol–water partition coefficient (Wildman–Crippen LogP) is 3.69. The number of alkyl halides is 3. The van der Waals surface area contributed by atoms with E-state index in [0.717, 1.165) is 0 Å². The summed E-state index contributed by atoms with van der Waals surface area (Å²) in [6, 6.07) is 7.05. The third-order valence-electron chi connectivity index (χ3n) is 1.32. The summed E-state index contributed by atoms with van der Waals surface area (Å²) in [5.74, 6) is -0.194. The molecule has 0 saturated carbocycles. The van der Waals surface area contributed by atoms with Gasteiger partial charge in [0.25, 0.3) is 9.84 Å². The normalized spacial score (nSPS) is 9.85. The quantitative estimate of drug-likeness (QED) is 0.413. The first-order valence-corrected chi connectivity index (χ1v) is 8.15. The van der Waals surface area contributed by atoms with E-state index in [-0.39, 0.29) is 5.75 Å². The summed E-state index contributed by atoms with van der Waals surface area (Å²) in [4.78, 5) is 0. The zero-order chi connectivity index (χ0) is 15.6. The molecule has 0 aliphatic rings. The van der Waals surface area contributed by atoms with Crippen LogP contribution in [0.1, 0.15) is 0 Å².